The Morgan fingerprint density at radius 2 is 2.14 bits per heavy atom. The molecular formula is C21H29N5O2. The number of aromatic nitrogens is 2. The van der Waals surface area contributed by atoms with E-state index in [-0.39, 0.29) is 18.2 Å². The predicted molar refractivity (Wildman–Crippen MR) is 107 cm³/mol. The SMILES string of the molecule is CCn1ccnc1CNC(=O)C[C@H]1C(=O)NCCN1CCCc1ccccc1. The summed E-state index contributed by atoms with van der Waals surface area (Å²) in [6, 6.07) is 9.93. The molecule has 0 bridgehead atoms. The number of carbonyl (C=O) groups is 2. The van der Waals surface area contributed by atoms with Crippen LogP contribution in [-0.4, -0.2) is 51.9 Å². The fourth-order valence-corrected chi connectivity index (χ4v) is 3.60. The number of benzene rings is 1. The van der Waals surface area contributed by atoms with Gasteiger partial charge in [0, 0.05) is 32.0 Å². The topological polar surface area (TPSA) is 79.3 Å². The standard InChI is InChI=1S/C21H29N5O2/c1-2-25-13-10-22-19(25)16-24-20(27)15-18-21(28)23-11-14-26(18)12-6-9-17-7-4-3-5-8-17/h3-5,7-8,10,13,18H,2,6,9,11-12,14-16H2,1H3,(H,23,28)(H,24,27)/t18-/m0/s1. The molecule has 1 aliphatic heterocycles. The average molecular weight is 383 g/mol. The Bertz CT molecular complexity index is 774. The first-order valence-electron chi connectivity index (χ1n) is 9.99. The van der Waals surface area contributed by atoms with Crippen LogP contribution in [0, 0.1) is 0 Å². The van der Waals surface area contributed by atoms with E-state index in [1.165, 1.54) is 5.56 Å². The summed E-state index contributed by atoms with van der Waals surface area (Å²) in [6.07, 6.45) is 5.73. The molecule has 0 spiro atoms. The fourth-order valence-electron chi connectivity index (χ4n) is 3.60. The highest BCUT2D eigenvalue weighted by Gasteiger charge is 2.31. The van der Waals surface area contributed by atoms with Gasteiger partial charge in [-0.15, -0.1) is 0 Å². The monoisotopic (exact) mass is 383 g/mol. The van der Waals surface area contributed by atoms with E-state index in [4.69, 9.17) is 0 Å². The number of imidazole rings is 1. The Morgan fingerprint density at radius 3 is 2.93 bits per heavy atom. The number of nitrogens with zero attached hydrogens (tertiary/aromatic N) is 3. The number of hydrogen-bond donors (Lipinski definition) is 2. The highest BCUT2D eigenvalue weighted by molar-refractivity contribution is 5.88. The molecule has 7 nitrogen and oxygen atoms in total. The highest BCUT2D eigenvalue weighted by atomic mass is 16.2. The van der Waals surface area contributed by atoms with Gasteiger partial charge in [0.15, 0.2) is 0 Å². The summed E-state index contributed by atoms with van der Waals surface area (Å²) in [7, 11) is 0. The second-order valence-electron chi connectivity index (χ2n) is 7.04. The van der Waals surface area contributed by atoms with E-state index in [0.29, 0.717) is 13.1 Å². The van der Waals surface area contributed by atoms with Crippen LogP contribution in [0.25, 0.3) is 0 Å². The van der Waals surface area contributed by atoms with Crippen molar-refractivity contribution in [2.45, 2.75) is 45.3 Å². The van der Waals surface area contributed by atoms with Crippen LogP contribution in [0.2, 0.25) is 0 Å². The van der Waals surface area contributed by atoms with Crippen molar-refractivity contribution in [3.8, 4) is 0 Å². The van der Waals surface area contributed by atoms with Crippen LogP contribution in [0.4, 0.5) is 0 Å². The lowest BCUT2D eigenvalue weighted by atomic mass is 10.1. The predicted octanol–water partition coefficient (Wildman–Crippen LogP) is 1.34. The minimum absolute atomic E-state index is 0.0591. The Morgan fingerprint density at radius 1 is 1.32 bits per heavy atom. The molecule has 1 atom stereocenters. The summed E-state index contributed by atoms with van der Waals surface area (Å²) in [4.78, 5) is 31.2. The molecule has 1 saturated heterocycles. The van der Waals surface area contributed by atoms with Crippen molar-refractivity contribution in [3.05, 3.63) is 54.1 Å². The van der Waals surface area contributed by atoms with Gasteiger partial charge >= 0.3 is 0 Å². The van der Waals surface area contributed by atoms with Gasteiger partial charge in [-0.2, -0.15) is 0 Å². The van der Waals surface area contributed by atoms with E-state index >= 15 is 0 Å². The smallest absolute Gasteiger partial charge is 0.237 e. The molecule has 0 unspecified atom stereocenters. The zero-order chi connectivity index (χ0) is 19.8. The minimum atomic E-state index is -0.407. The van der Waals surface area contributed by atoms with Crippen LogP contribution in [0.3, 0.4) is 0 Å². The Hall–Kier alpha value is -2.67. The molecule has 0 saturated carbocycles. The van der Waals surface area contributed by atoms with Crippen molar-refractivity contribution in [1.82, 2.24) is 25.1 Å². The Balaban J connectivity index is 1.50. The summed E-state index contributed by atoms with van der Waals surface area (Å²) < 4.78 is 1.99. The van der Waals surface area contributed by atoms with E-state index < -0.39 is 6.04 Å². The first kappa shape index (κ1) is 20.1. The third-order valence-electron chi connectivity index (χ3n) is 5.16. The lowest BCUT2D eigenvalue weighted by Crippen LogP contribution is -2.56. The zero-order valence-electron chi connectivity index (χ0n) is 16.4. The Kier molecular flexibility index (Phi) is 7.19. The summed E-state index contributed by atoms with van der Waals surface area (Å²) in [5.74, 6) is 0.639. The first-order valence-corrected chi connectivity index (χ1v) is 9.99. The van der Waals surface area contributed by atoms with Crippen molar-refractivity contribution >= 4 is 11.8 Å². The van der Waals surface area contributed by atoms with Crippen LogP contribution in [0.1, 0.15) is 31.2 Å². The van der Waals surface area contributed by atoms with Crippen LogP contribution in [0.5, 0.6) is 0 Å². The molecule has 3 rings (SSSR count). The average Bonchev–Trinajstić information content (AvgIpc) is 3.17. The van der Waals surface area contributed by atoms with Crippen molar-refractivity contribution in [3.63, 3.8) is 0 Å². The summed E-state index contributed by atoms with van der Waals surface area (Å²) in [6.45, 7) is 5.44. The second kappa shape index (κ2) is 10.0. The lowest BCUT2D eigenvalue weighted by molar-refractivity contribution is -0.134. The summed E-state index contributed by atoms with van der Waals surface area (Å²) >= 11 is 0. The summed E-state index contributed by atoms with van der Waals surface area (Å²) in [5.41, 5.74) is 1.30. The molecule has 1 aromatic heterocycles. The number of hydrogen-bond acceptors (Lipinski definition) is 4. The van der Waals surface area contributed by atoms with Crippen molar-refractivity contribution in [2.75, 3.05) is 19.6 Å². The third-order valence-corrected chi connectivity index (χ3v) is 5.16. The van der Waals surface area contributed by atoms with Gasteiger partial charge in [0.05, 0.1) is 19.0 Å². The normalized spacial score (nSPS) is 17.3. The van der Waals surface area contributed by atoms with Crippen LogP contribution in [-0.2, 0) is 29.1 Å². The molecule has 1 aliphatic rings. The quantitative estimate of drug-likeness (QED) is 0.685. The molecular weight excluding hydrogens is 354 g/mol. The first-order chi connectivity index (χ1) is 13.7. The third kappa shape index (κ3) is 5.42. The van der Waals surface area contributed by atoms with Gasteiger partial charge in [0.2, 0.25) is 11.8 Å². The molecule has 2 amide bonds. The maximum atomic E-state index is 12.4. The van der Waals surface area contributed by atoms with Gasteiger partial charge in [-0.05, 0) is 31.9 Å². The molecule has 2 N–H and O–H groups in total. The van der Waals surface area contributed by atoms with Gasteiger partial charge in [-0.25, -0.2) is 4.98 Å². The molecule has 7 heteroatoms. The number of aryl methyl sites for hydroxylation is 2. The molecule has 2 aromatic rings. The maximum absolute atomic E-state index is 12.4. The number of carbonyl (C=O) groups excluding carboxylic acids is 2. The van der Waals surface area contributed by atoms with Gasteiger partial charge in [-0.1, -0.05) is 30.3 Å². The fraction of sp³-hybridized carbons (Fsp3) is 0.476. The van der Waals surface area contributed by atoms with Gasteiger partial charge in [0.25, 0.3) is 0 Å². The number of amides is 2. The molecule has 28 heavy (non-hydrogen) atoms. The van der Waals surface area contributed by atoms with E-state index in [2.05, 4.69) is 32.7 Å². The molecule has 1 aromatic carbocycles. The second-order valence-corrected chi connectivity index (χ2v) is 7.04. The van der Waals surface area contributed by atoms with E-state index in [9.17, 15) is 9.59 Å². The largest absolute Gasteiger partial charge is 0.353 e. The van der Waals surface area contributed by atoms with Crippen LogP contribution < -0.4 is 10.6 Å². The van der Waals surface area contributed by atoms with E-state index in [1.54, 1.807) is 6.20 Å². The zero-order valence-corrected chi connectivity index (χ0v) is 16.4. The summed E-state index contributed by atoms with van der Waals surface area (Å²) in [5, 5.41) is 5.79. The van der Waals surface area contributed by atoms with Gasteiger partial charge in [-0.3, -0.25) is 14.5 Å². The number of rotatable bonds is 9. The van der Waals surface area contributed by atoms with Crippen molar-refractivity contribution in [1.29, 1.82) is 0 Å². The van der Waals surface area contributed by atoms with Crippen LogP contribution in [0.15, 0.2) is 42.7 Å². The van der Waals surface area contributed by atoms with Crippen molar-refractivity contribution < 1.29 is 9.59 Å². The number of nitrogens with one attached hydrogen (secondary N) is 2. The van der Waals surface area contributed by atoms with E-state index in [0.717, 1.165) is 38.3 Å². The van der Waals surface area contributed by atoms with Gasteiger partial charge in [0.1, 0.15) is 5.82 Å². The van der Waals surface area contributed by atoms with Crippen LogP contribution >= 0.6 is 0 Å². The Labute approximate surface area is 166 Å². The molecule has 2 heterocycles. The van der Waals surface area contributed by atoms with E-state index in [1.807, 2.05) is 35.9 Å². The molecule has 0 radical (unpaired) electrons. The van der Waals surface area contributed by atoms with Crippen molar-refractivity contribution in [2.24, 2.45) is 0 Å². The van der Waals surface area contributed by atoms with Gasteiger partial charge < -0.3 is 15.2 Å². The molecule has 150 valence electrons. The maximum Gasteiger partial charge on any atom is 0.237 e. The molecule has 0 aliphatic carbocycles. The number of piperazine rings is 1. The highest BCUT2D eigenvalue weighted by Crippen LogP contribution is 2.12. The molecule has 1 fully saturated rings. The lowest BCUT2D eigenvalue weighted by Gasteiger charge is -2.34. The minimum Gasteiger partial charge on any atom is -0.353 e.